The maximum atomic E-state index is 12.5. The first-order valence-corrected chi connectivity index (χ1v) is 8.58. The number of hydrogen-bond donors (Lipinski definition) is 1. The lowest BCUT2D eigenvalue weighted by atomic mass is 9.92. The number of carbonyl (C=O) groups is 1. The number of H-pyrrole nitrogens is 1. The average molecular weight is 342 g/mol. The van der Waals surface area contributed by atoms with Crippen LogP contribution in [0.5, 0.6) is 5.75 Å². The summed E-state index contributed by atoms with van der Waals surface area (Å²) in [6, 6.07) is 9.72. The normalized spacial score (nSPS) is 16.3. The Morgan fingerprint density at radius 1 is 1.20 bits per heavy atom. The number of hydrogen-bond acceptors (Lipinski definition) is 4. The van der Waals surface area contributed by atoms with Crippen molar-refractivity contribution in [2.75, 3.05) is 31.6 Å². The van der Waals surface area contributed by atoms with Gasteiger partial charge in [0.05, 0.1) is 19.3 Å². The fraction of sp³-hybridized carbons (Fsp3) is 0.474. The van der Waals surface area contributed by atoms with Gasteiger partial charge in [0.2, 0.25) is 5.91 Å². The number of nitrogens with one attached hydrogen (secondary N) is 1. The Morgan fingerprint density at radius 2 is 1.92 bits per heavy atom. The molecule has 0 atom stereocenters. The van der Waals surface area contributed by atoms with E-state index in [0.717, 1.165) is 29.4 Å². The van der Waals surface area contributed by atoms with Crippen molar-refractivity contribution in [2.24, 2.45) is 0 Å². The molecule has 6 nitrogen and oxygen atoms in total. The van der Waals surface area contributed by atoms with E-state index in [1.807, 2.05) is 29.2 Å². The number of aromatic amines is 1. The topological polar surface area (TPSA) is 61.5 Å². The highest BCUT2D eigenvalue weighted by molar-refractivity contribution is 5.95. The van der Waals surface area contributed by atoms with Crippen LogP contribution in [-0.4, -0.2) is 47.7 Å². The third kappa shape index (κ3) is 4.02. The minimum atomic E-state index is 0.0254. The zero-order chi connectivity index (χ0) is 18.0. The number of aromatic nitrogens is 2. The molecule has 0 unspecified atom stereocenters. The van der Waals surface area contributed by atoms with Gasteiger partial charge in [-0.15, -0.1) is 0 Å². The van der Waals surface area contributed by atoms with Gasteiger partial charge in [-0.1, -0.05) is 20.8 Å². The van der Waals surface area contributed by atoms with Crippen LogP contribution in [0.25, 0.3) is 0 Å². The van der Waals surface area contributed by atoms with Gasteiger partial charge in [-0.25, -0.2) is 0 Å². The van der Waals surface area contributed by atoms with E-state index in [4.69, 9.17) is 4.74 Å². The summed E-state index contributed by atoms with van der Waals surface area (Å²) in [7, 11) is 1.64. The van der Waals surface area contributed by atoms with E-state index < -0.39 is 0 Å². The van der Waals surface area contributed by atoms with Crippen LogP contribution in [0.2, 0.25) is 0 Å². The van der Waals surface area contributed by atoms with E-state index in [2.05, 4.69) is 41.9 Å². The lowest BCUT2D eigenvalue weighted by Crippen LogP contribution is -2.50. The summed E-state index contributed by atoms with van der Waals surface area (Å²) in [5.41, 5.74) is 3.04. The van der Waals surface area contributed by atoms with Crippen LogP contribution in [0, 0.1) is 0 Å². The summed E-state index contributed by atoms with van der Waals surface area (Å²) in [6.07, 6.45) is 0. The van der Waals surface area contributed by atoms with Crippen LogP contribution in [0.3, 0.4) is 0 Å². The molecule has 6 heteroatoms. The lowest BCUT2D eigenvalue weighted by Gasteiger charge is -2.34. The van der Waals surface area contributed by atoms with Gasteiger partial charge in [0.1, 0.15) is 5.75 Å². The Balaban J connectivity index is 1.61. The summed E-state index contributed by atoms with van der Waals surface area (Å²) in [5, 5.41) is 7.49. The van der Waals surface area contributed by atoms with Gasteiger partial charge in [-0.05, 0) is 30.3 Å². The highest BCUT2D eigenvalue weighted by atomic mass is 16.5. The van der Waals surface area contributed by atoms with Crippen molar-refractivity contribution in [3.05, 3.63) is 41.7 Å². The van der Waals surface area contributed by atoms with E-state index in [1.54, 1.807) is 7.11 Å². The lowest BCUT2D eigenvalue weighted by molar-refractivity contribution is -0.121. The number of benzene rings is 1. The van der Waals surface area contributed by atoms with Crippen molar-refractivity contribution in [2.45, 2.75) is 32.7 Å². The predicted molar refractivity (Wildman–Crippen MR) is 97.9 cm³/mol. The van der Waals surface area contributed by atoms with E-state index in [9.17, 15) is 4.79 Å². The minimum Gasteiger partial charge on any atom is -0.497 e. The van der Waals surface area contributed by atoms with Gasteiger partial charge in [-0.2, -0.15) is 5.10 Å². The van der Waals surface area contributed by atoms with Crippen LogP contribution < -0.4 is 9.64 Å². The van der Waals surface area contributed by atoms with E-state index in [0.29, 0.717) is 19.6 Å². The van der Waals surface area contributed by atoms with Crippen LogP contribution in [0.4, 0.5) is 5.69 Å². The first-order valence-electron chi connectivity index (χ1n) is 8.58. The average Bonchev–Trinajstić information content (AvgIpc) is 3.04. The molecule has 3 rings (SSSR count). The molecule has 134 valence electrons. The van der Waals surface area contributed by atoms with Crippen LogP contribution in [0.15, 0.2) is 30.3 Å². The van der Waals surface area contributed by atoms with Crippen molar-refractivity contribution < 1.29 is 9.53 Å². The third-order valence-electron chi connectivity index (χ3n) is 4.48. The third-order valence-corrected chi connectivity index (χ3v) is 4.48. The van der Waals surface area contributed by atoms with Gasteiger partial charge in [0.15, 0.2) is 0 Å². The molecule has 1 aromatic heterocycles. The van der Waals surface area contributed by atoms with Gasteiger partial charge < -0.3 is 9.64 Å². The first-order chi connectivity index (χ1) is 11.9. The number of amides is 1. The number of methoxy groups -OCH3 is 1. The number of rotatable bonds is 4. The number of ether oxygens (including phenoxy) is 1. The fourth-order valence-corrected chi connectivity index (χ4v) is 2.96. The number of piperazine rings is 1. The summed E-state index contributed by atoms with van der Waals surface area (Å²) in [4.78, 5) is 16.5. The Labute approximate surface area is 148 Å². The summed E-state index contributed by atoms with van der Waals surface area (Å²) in [6.45, 7) is 9.08. The second-order valence-corrected chi connectivity index (χ2v) is 7.48. The highest BCUT2D eigenvalue weighted by Gasteiger charge is 2.26. The summed E-state index contributed by atoms with van der Waals surface area (Å²) >= 11 is 0. The molecular formula is C19H26N4O2. The van der Waals surface area contributed by atoms with E-state index in [-0.39, 0.29) is 11.3 Å². The first kappa shape index (κ1) is 17.5. The molecule has 2 heterocycles. The number of anilines is 1. The Hall–Kier alpha value is -2.34. The highest BCUT2D eigenvalue weighted by Crippen LogP contribution is 2.23. The van der Waals surface area contributed by atoms with Crippen molar-refractivity contribution in [1.82, 2.24) is 15.1 Å². The van der Waals surface area contributed by atoms with Crippen molar-refractivity contribution in [3.8, 4) is 5.75 Å². The molecule has 1 N–H and O–H groups in total. The monoisotopic (exact) mass is 342 g/mol. The second kappa shape index (κ2) is 6.88. The van der Waals surface area contributed by atoms with Crippen molar-refractivity contribution in [3.63, 3.8) is 0 Å². The number of carbonyl (C=O) groups excluding carboxylic acids is 1. The zero-order valence-corrected chi connectivity index (χ0v) is 15.4. The molecular weight excluding hydrogens is 316 g/mol. The smallest absolute Gasteiger partial charge is 0.241 e. The largest absolute Gasteiger partial charge is 0.497 e. The molecule has 0 spiro atoms. The molecule has 1 aliphatic heterocycles. The molecule has 1 aromatic carbocycles. The molecule has 2 aromatic rings. The molecule has 1 amide bonds. The van der Waals surface area contributed by atoms with Crippen molar-refractivity contribution >= 4 is 11.6 Å². The maximum absolute atomic E-state index is 12.5. The van der Waals surface area contributed by atoms with Crippen LogP contribution >= 0.6 is 0 Å². The predicted octanol–water partition coefficient (Wildman–Crippen LogP) is 2.56. The standard InChI is InChI=1S/C19H26N4O2/c1-19(2,3)17-11-14(20-21-17)12-22-9-10-23(18(24)13-22)15-5-7-16(25-4)8-6-15/h5-8,11H,9-10,12-13H2,1-4H3,(H,20,21). The zero-order valence-electron chi connectivity index (χ0n) is 15.4. The van der Waals surface area contributed by atoms with Gasteiger partial charge in [0, 0.05) is 36.4 Å². The SMILES string of the molecule is COc1ccc(N2CCN(Cc3cc(C(C)(C)C)n[nH]3)CC2=O)cc1. The van der Waals surface area contributed by atoms with E-state index in [1.165, 1.54) is 0 Å². The molecule has 1 aliphatic rings. The minimum absolute atomic E-state index is 0.0254. The molecule has 1 saturated heterocycles. The van der Waals surface area contributed by atoms with Gasteiger partial charge >= 0.3 is 0 Å². The van der Waals surface area contributed by atoms with Gasteiger partial charge in [0.25, 0.3) is 0 Å². The Kier molecular flexibility index (Phi) is 4.81. The van der Waals surface area contributed by atoms with Gasteiger partial charge in [-0.3, -0.25) is 14.8 Å². The quantitative estimate of drug-likeness (QED) is 0.928. The second-order valence-electron chi connectivity index (χ2n) is 7.48. The molecule has 0 radical (unpaired) electrons. The number of nitrogens with zero attached hydrogens (tertiary/aromatic N) is 3. The summed E-state index contributed by atoms with van der Waals surface area (Å²) in [5.74, 6) is 0.913. The molecule has 0 aliphatic carbocycles. The van der Waals surface area contributed by atoms with E-state index >= 15 is 0 Å². The molecule has 0 bridgehead atoms. The Morgan fingerprint density at radius 3 is 2.48 bits per heavy atom. The van der Waals surface area contributed by atoms with Crippen molar-refractivity contribution in [1.29, 1.82) is 0 Å². The van der Waals surface area contributed by atoms with Crippen LogP contribution in [-0.2, 0) is 16.8 Å². The fourth-order valence-electron chi connectivity index (χ4n) is 2.96. The summed E-state index contributed by atoms with van der Waals surface area (Å²) < 4.78 is 5.17. The molecule has 0 saturated carbocycles. The Bertz CT molecular complexity index is 731. The molecule has 25 heavy (non-hydrogen) atoms. The van der Waals surface area contributed by atoms with Crippen LogP contribution in [0.1, 0.15) is 32.2 Å². The maximum Gasteiger partial charge on any atom is 0.241 e. The molecule has 1 fully saturated rings.